The average Bonchev–Trinajstić information content (AvgIpc) is 2.38. The maximum Gasteiger partial charge on any atom is 0.319 e. The number of nitrogens with zero attached hydrogens (tertiary/aromatic N) is 1. The number of benzene rings is 1. The summed E-state index contributed by atoms with van der Waals surface area (Å²) in [5.74, 6) is 0. The van der Waals surface area contributed by atoms with Crippen molar-refractivity contribution in [2.24, 2.45) is 0 Å². The number of rotatable bonds is 7. The summed E-state index contributed by atoms with van der Waals surface area (Å²) in [6.45, 7) is 4.17. The molecule has 0 saturated heterocycles. The van der Waals surface area contributed by atoms with Crippen LogP contribution in [0.4, 0.5) is 16.2 Å². The molecule has 0 fully saturated rings. The van der Waals surface area contributed by atoms with Gasteiger partial charge in [0.15, 0.2) is 0 Å². The van der Waals surface area contributed by atoms with Crippen molar-refractivity contribution in [1.82, 2.24) is 10.6 Å². The van der Waals surface area contributed by atoms with Gasteiger partial charge >= 0.3 is 6.03 Å². The van der Waals surface area contributed by atoms with Gasteiger partial charge in [-0.3, -0.25) is 10.1 Å². The number of urea groups is 1. The van der Waals surface area contributed by atoms with Crippen LogP contribution < -0.4 is 16.0 Å². The van der Waals surface area contributed by atoms with E-state index < -0.39 is 4.92 Å². The Labute approximate surface area is 111 Å². The summed E-state index contributed by atoms with van der Waals surface area (Å²) in [5, 5.41) is 18.9. The standard InChI is InChI=1S/C12H18N4O3/c1-2-6-13-7-8-14-12(17)15-10-4-3-5-11(9-10)16(18)19/h3-5,9,13H,2,6-8H2,1H3,(H2,14,15,17). The number of amides is 2. The van der Waals surface area contributed by atoms with E-state index in [0.29, 0.717) is 18.8 Å². The van der Waals surface area contributed by atoms with Crippen LogP contribution in [0, 0.1) is 10.1 Å². The molecule has 1 aromatic carbocycles. The number of nitrogens with one attached hydrogen (secondary N) is 3. The monoisotopic (exact) mass is 266 g/mol. The van der Waals surface area contributed by atoms with Crippen molar-refractivity contribution in [2.75, 3.05) is 25.0 Å². The summed E-state index contributed by atoms with van der Waals surface area (Å²) >= 11 is 0. The number of anilines is 1. The number of nitro groups is 1. The number of nitro benzene ring substituents is 1. The predicted octanol–water partition coefficient (Wildman–Crippen LogP) is 1.72. The third-order valence-corrected chi connectivity index (χ3v) is 2.33. The van der Waals surface area contributed by atoms with Crippen LogP contribution >= 0.6 is 0 Å². The van der Waals surface area contributed by atoms with Gasteiger partial charge in [-0.1, -0.05) is 13.0 Å². The Hall–Kier alpha value is -2.15. The van der Waals surface area contributed by atoms with Gasteiger partial charge in [-0.25, -0.2) is 4.79 Å². The van der Waals surface area contributed by atoms with Crippen molar-refractivity contribution in [2.45, 2.75) is 13.3 Å². The van der Waals surface area contributed by atoms with Crippen LogP contribution in [0.1, 0.15) is 13.3 Å². The fraction of sp³-hybridized carbons (Fsp3) is 0.417. The van der Waals surface area contributed by atoms with Crippen LogP contribution in [-0.4, -0.2) is 30.6 Å². The molecule has 3 N–H and O–H groups in total. The zero-order valence-corrected chi connectivity index (χ0v) is 10.8. The van der Waals surface area contributed by atoms with E-state index in [-0.39, 0.29) is 11.7 Å². The molecular weight excluding hydrogens is 248 g/mol. The van der Waals surface area contributed by atoms with E-state index >= 15 is 0 Å². The van der Waals surface area contributed by atoms with E-state index in [1.54, 1.807) is 6.07 Å². The van der Waals surface area contributed by atoms with Crippen LogP contribution in [0.3, 0.4) is 0 Å². The largest absolute Gasteiger partial charge is 0.337 e. The zero-order chi connectivity index (χ0) is 14.1. The Bertz CT molecular complexity index is 437. The molecule has 0 unspecified atom stereocenters. The molecule has 19 heavy (non-hydrogen) atoms. The van der Waals surface area contributed by atoms with E-state index in [9.17, 15) is 14.9 Å². The third-order valence-electron chi connectivity index (χ3n) is 2.33. The zero-order valence-electron chi connectivity index (χ0n) is 10.8. The van der Waals surface area contributed by atoms with Crippen LogP contribution in [0.2, 0.25) is 0 Å². The highest BCUT2D eigenvalue weighted by molar-refractivity contribution is 5.89. The molecule has 0 heterocycles. The first-order valence-electron chi connectivity index (χ1n) is 6.13. The fourth-order valence-electron chi connectivity index (χ4n) is 1.44. The van der Waals surface area contributed by atoms with Gasteiger partial charge in [0.2, 0.25) is 0 Å². The third kappa shape index (κ3) is 5.82. The summed E-state index contributed by atoms with van der Waals surface area (Å²) in [7, 11) is 0. The average molecular weight is 266 g/mol. The van der Waals surface area contributed by atoms with Gasteiger partial charge in [0.1, 0.15) is 0 Å². The van der Waals surface area contributed by atoms with Crippen LogP contribution in [0.15, 0.2) is 24.3 Å². The SMILES string of the molecule is CCCNCCNC(=O)Nc1cccc([N+](=O)[O-])c1. The quantitative estimate of drug-likeness (QED) is 0.397. The first kappa shape index (κ1) is 14.9. The Morgan fingerprint density at radius 2 is 2.11 bits per heavy atom. The molecular formula is C12H18N4O3. The summed E-state index contributed by atoms with van der Waals surface area (Å²) in [6, 6.07) is 5.43. The van der Waals surface area contributed by atoms with Gasteiger partial charge in [-0.05, 0) is 19.0 Å². The second kappa shape index (κ2) is 8.04. The van der Waals surface area contributed by atoms with Crippen molar-refractivity contribution >= 4 is 17.4 Å². The van der Waals surface area contributed by atoms with Gasteiger partial charge in [0.25, 0.3) is 5.69 Å². The highest BCUT2D eigenvalue weighted by Gasteiger charge is 2.07. The molecule has 0 atom stereocenters. The summed E-state index contributed by atoms with van der Waals surface area (Å²) < 4.78 is 0. The molecule has 7 nitrogen and oxygen atoms in total. The highest BCUT2D eigenvalue weighted by Crippen LogP contribution is 2.16. The van der Waals surface area contributed by atoms with Crippen molar-refractivity contribution < 1.29 is 9.72 Å². The van der Waals surface area contributed by atoms with E-state index in [4.69, 9.17) is 0 Å². The Balaban J connectivity index is 2.35. The van der Waals surface area contributed by atoms with Crippen molar-refractivity contribution in [1.29, 1.82) is 0 Å². The van der Waals surface area contributed by atoms with E-state index in [1.165, 1.54) is 18.2 Å². The summed E-state index contributed by atoms with van der Waals surface area (Å²) in [6.07, 6.45) is 1.04. The van der Waals surface area contributed by atoms with Crippen LogP contribution in [-0.2, 0) is 0 Å². The minimum Gasteiger partial charge on any atom is -0.337 e. The van der Waals surface area contributed by atoms with E-state index in [1.807, 2.05) is 0 Å². The summed E-state index contributed by atoms with van der Waals surface area (Å²) in [5.41, 5.74) is 0.343. The molecule has 0 aliphatic carbocycles. The molecule has 0 bridgehead atoms. The maximum absolute atomic E-state index is 11.5. The first-order chi connectivity index (χ1) is 9.13. The minimum absolute atomic E-state index is 0.0533. The topological polar surface area (TPSA) is 96.3 Å². The van der Waals surface area contributed by atoms with Gasteiger partial charge < -0.3 is 16.0 Å². The Morgan fingerprint density at radius 1 is 1.32 bits per heavy atom. The van der Waals surface area contributed by atoms with E-state index in [2.05, 4.69) is 22.9 Å². The van der Waals surface area contributed by atoms with Crippen molar-refractivity contribution in [3.63, 3.8) is 0 Å². The van der Waals surface area contributed by atoms with Crippen LogP contribution in [0.25, 0.3) is 0 Å². The predicted molar refractivity (Wildman–Crippen MR) is 73.3 cm³/mol. The smallest absolute Gasteiger partial charge is 0.319 e. The lowest BCUT2D eigenvalue weighted by atomic mass is 10.3. The Kier molecular flexibility index (Phi) is 6.31. The summed E-state index contributed by atoms with van der Waals surface area (Å²) in [4.78, 5) is 21.6. The fourth-order valence-corrected chi connectivity index (χ4v) is 1.44. The van der Waals surface area contributed by atoms with Crippen molar-refractivity contribution in [3.05, 3.63) is 34.4 Å². The molecule has 0 aliphatic rings. The number of hydrogen-bond acceptors (Lipinski definition) is 4. The molecule has 0 aromatic heterocycles. The first-order valence-corrected chi connectivity index (χ1v) is 6.13. The Morgan fingerprint density at radius 3 is 2.79 bits per heavy atom. The molecule has 0 saturated carbocycles. The molecule has 2 amide bonds. The van der Waals surface area contributed by atoms with Gasteiger partial charge in [0.05, 0.1) is 4.92 Å². The van der Waals surface area contributed by atoms with Crippen molar-refractivity contribution in [3.8, 4) is 0 Å². The highest BCUT2D eigenvalue weighted by atomic mass is 16.6. The van der Waals surface area contributed by atoms with Gasteiger partial charge in [0, 0.05) is 30.9 Å². The number of non-ortho nitro benzene ring substituents is 1. The molecule has 104 valence electrons. The maximum atomic E-state index is 11.5. The molecule has 0 aliphatic heterocycles. The normalized spacial score (nSPS) is 9.95. The van der Waals surface area contributed by atoms with Crippen LogP contribution in [0.5, 0.6) is 0 Å². The lowest BCUT2D eigenvalue weighted by Gasteiger charge is -2.08. The molecule has 0 radical (unpaired) electrons. The van der Waals surface area contributed by atoms with Gasteiger partial charge in [-0.2, -0.15) is 0 Å². The number of carbonyl (C=O) groups excluding carboxylic acids is 1. The van der Waals surface area contributed by atoms with Gasteiger partial charge in [-0.15, -0.1) is 0 Å². The molecule has 1 rings (SSSR count). The van der Waals surface area contributed by atoms with E-state index in [0.717, 1.165) is 13.0 Å². The lowest BCUT2D eigenvalue weighted by molar-refractivity contribution is -0.384. The second-order valence-electron chi connectivity index (χ2n) is 3.94. The number of hydrogen-bond donors (Lipinski definition) is 3. The molecule has 1 aromatic rings. The molecule has 7 heteroatoms. The lowest BCUT2D eigenvalue weighted by Crippen LogP contribution is -2.34. The minimum atomic E-state index is -0.502. The second-order valence-corrected chi connectivity index (χ2v) is 3.94. The number of carbonyl (C=O) groups is 1. The molecule has 0 spiro atoms.